The minimum atomic E-state index is 0.0933. The second kappa shape index (κ2) is 9.38. The monoisotopic (exact) mass is 418 g/mol. The van der Waals surface area contributed by atoms with E-state index in [-0.39, 0.29) is 12.5 Å². The average molecular weight is 419 g/mol. The van der Waals surface area contributed by atoms with Gasteiger partial charge in [0.1, 0.15) is 6.61 Å². The first-order valence-electron chi connectivity index (χ1n) is 9.34. The summed E-state index contributed by atoms with van der Waals surface area (Å²) in [6, 6.07) is 12.9. The van der Waals surface area contributed by atoms with E-state index in [0.29, 0.717) is 12.6 Å². The van der Waals surface area contributed by atoms with E-state index in [1.807, 2.05) is 4.90 Å². The van der Waals surface area contributed by atoms with Crippen molar-refractivity contribution in [3.05, 3.63) is 58.3 Å². The lowest BCUT2D eigenvalue weighted by Gasteiger charge is -2.34. The van der Waals surface area contributed by atoms with Crippen LogP contribution in [0.25, 0.3) is 0 Å². The molecule has 4 nitrogen and oxygen atoms in total. The fourth-order valence-corrected chi connectivity index (χ4v) is 3.99. The van der Waals surface area contributed by atoms with Crippen LogP contribution in [0.4, 0.5) is 0 Å². The Bertz CT molecular complexity index is 705. The number of aromatic nitrogens is 1. The molecule has 1 aromatic heterocycles. The summed E-state index contributed by atoms with van der Waals surface area (Å²) < 4.78 is 8.45. The second-order valence-electron chi connectivity index (χ2n) is 7.00. The van der Waals surface area contributed by atoms with Crippen LogP contribution >= 0.6 is 15.9 Å². The van der Waals surface area contributed by atoms with Gasteiger partial charge in [-0.3, -0.25) is 4.79 Å². The number of hydrogen-bond donors (Lipinski definition) is 0. The Kier molecular flexibility index (Phi) is 6.92. The van der Waals surface area contributed by atoms with Gasteiger partial charge in [-0.2, -0.15) is 0 Å². The summed E-state index contributed by atoms with van der Waals surface area (Å²) in [5.74, 6) is 0.0933. The van der Waals surface area contributed by atoms with Gasteiger partial charge in [0, 0.05) is 36.1 Å². The summed E-state index contributed by atoms with van der Waals surface area (Å²) in [5.41, 5.74) is 2.42. The van der Waals surface area contributed by atoms with Crippen LogP contribution in [0.15, 0.2) is 47.1 Å². The number of hydrogen-bond acceptors (Lipinski definition) is 2. The molecule has 1 heterocycles. The van der Waals surface area contributed by atoms with E-state index in [1.54, 1.807) is 7.11 Å². The van der Waals surface area contributed by atoms with Crippen molar-refractivity contribution < 1.29 is 9.53 Å². The molecule has 1 aliphatic carbocycles. The Hall–Kier alpha value is -1.59. The SMILES string of the molecule is COCC(=O)N(Cc1cccn1Cc1ccc(Br)cc1)C1CCCCC1. The van der Waals surface area contributed by atoms with E-state index >= 15 is 0 Å². The van der Waals surface area contributed by atoms with Crippen molar-refractivity contribution in [1.82, 2.24) is 9.47 Å². The van der Waals surface area contributed by atoms with E-state index in [2.05, 4.69) is 63.1 Å². The molecular weight excluding hydrogens is 392 g/mol. The maximum absolute atomic E-state index is 12.7. The van der Waals surface area contributed by atoms with Gasteiger partial charge in [0.25, 0.3) is 0 Å². The minimum Gasteiger partial charge on any atom is -0.375 e. The molecule has 0 N–H and O–H groups in total. The zero-order valence-electron chi connectivity index (χ0n) is 15.4. The van der Waals surface area contributed by atoms with Gasteiger partial charge in [0.05, 0.1) is 6.54 Å². The lowest BCUT2D eigenvalue weighted by molar-refractivity contribution is -0.139. The number of amides is 1. The Balaban J connectivity index is 1.75. The minimum absolute atomic E-state index is 0.0933. The number of ether oxygens (including phenoxy) is 1. The van der Waals surface area contributed by atoms with Crippen LogP contribution in [0.5, 0.6) is 0 Å². The predicted octanol–water partition coefficient (Wildman–Crippen LogP) is 4.61. The second-order valence-corrected chi connectivity index (χ2v) is 7.92. The van der Waals surface area contributed by atoms with Crippen molar-refractivity contribution in [2.75, 3.05) is 13.7 Å². The molecule has 1 aromatic carbocycles. The summed E-state index contributed by atoms with van der Waals surface area (Å²) in [4.78, 5) is 14.7. The lowest BCUT2D eigenvalue weighted by Crippen LogP contribution is -2.43. The van der Waals surface area contributed by atoms with E-state index in [4.69, 9.17) is 4.74 Å². The molecule has 140 valence electrons. The normalized spacial score (nSPS) is 15.2. The quantitative estimate of drug-likeness (QED) is 0.657. The van der Waals surface area contributed by atoms with Crippen molar-refractivity contribution in [2.45, 2.75) is 51.2 Å². The molecule has 0 aliphatic heterocycles. The molecule has 1 fully saturated rings. The van der Waals surface area contributed by atoms with Crippen LogP contribution in [-0.4, -0.2) is 35.1 Å². The van der Waals surface area contributed by atoms with Gasteiger partial charge in [-0.25, -0.2) is 0 Å². The van der Waals surface area contributed by atoms with Gasteiger partial charge in [-0.15, -0.1) is 0 Å². The largest absolute Gasteiger partial charge is 0.375 e. The first-order chi connectivity index (χ1) is 12.7. The summed E-state index contributed by atoms with van der Waals surface area (Å²) in [6.07, 6.45) is 7.99. The fourth-order valence-electron chi connectivity index (χ4n) is 3.73. The molecule has 0 atom stereocenters. The maximum Gasteiger partial charge on any atom is 0.249 e. The Morgan fingerprint density at radius 3 is 2.62 bits per heavy atom. The fraction of sp³-hybridized carbons (Fsp3) is 0.476. The number of methoxy groups -OCH3 is 1. The maximum atomic E-state index is 12.7. The first kappa shape index (κ1) is 19.2. The van der Waals surface area contributed by atoms with Crippen LogP contribution in [0.3, 0.4) is 0 Å². The molecule has 0 radical (unpaired) electrons. The van der Waals surface area contributed by atoms with Crippen LogP contribution in [0.2, 0.25) is 0 Å². The molecule has 0 bridgehead atoms. The van der Waals surface area contributed by atoms with Crippen molar-refractivity contribution in [3.63, 3.8) is 0 Å². The highest BCUT2D eigenvalue weighted by Gasteiger charge is 2.26. The molecule has 2 aromatic rings. The molecule has 1 amide bonds. The third kappa shape index (κ3) is 4.98. The van der Waals surface area contributed by atoms with Crippen molar-refractivity contribution in [2.24, 2.45) is 0 Å². The van der Waals surface area contributed by atoms with Crippen LogP contribution in [0, 0.1) is 0 Å². The van der Waals surface area contributed by atoms with Gasteiger partial charge < -0.3 is 14.2 Å². The number of rotatable bonds is 7. The van der Waals surface area contributed by atoms with E-state index in [9.17, 15) is 4.79 Å². The van der Waals surface area contributed by atoms with Gasteiger partial charge in [0.2, 0.25) is 5.91 Å². The van der Waals surface area contributed by atoms with Crippen molar-refractivity contribution >= 4 is 21.8 Å². The topological polar surface area (TPSA) is 34.5 Å². The number of benzene rings is 1. The number of nitrogens with zero attached hydrogens (tertiary/aromatic N) is 2. The molecule has 0 unspecified atom stereocenters. The van der Waals surface area contributed by atoms with Gasteiger partial charge in [-0.1, -0.05) is 47.3 Å². The van der Waals surface area contributed by atoms with Crippen LogP contribution in [0.1, 0.15) is 43.4 Å². The third-order valence-electron chi connectivity index (χ3n) is 5.13. The highest BCUT2D eigenvalue weighted by atomic mass is 79.9. The molecule has 5 heteroatoms. The number of carbonyl (C=O) groups excluding carboxylic acids is 1. The zero-order valence-corrected chi connectivity index (χ0v) is 17.0. The Morgan fingerprint density at radius 2 is 1.92 bits per heavy atom. The highest BCUT2D eigenvalue weighted by molar-refractivity contribution is 9.10. The third-order valence-corrected chi connectivity index (χ3v) is 5.65. The standard InChI is InChI=1S/C21H27BrN2O2/c1-26-16-21(25)24(19-6-3-2-4-7-19)15-20-8-5-13-23(20)14-17-9-11-18(22)12-10-17/h5,8-13,19H,2-4,6-7,14-16H2,1H3. The Morgan fingerprint density at radius 1 is 1.19 bits per heavy atom. The molecular formula is C21H27BrN2O2. The first-order valence-corrected chi connectivity index (χ1v) is 10.1. The summed E-state index contributed by atoms with van der Waals surface area (Å²) >= 11 is 3.48. The van der Waals surface area contributed by atoms with Gasteiger partial charge in [-0.05, 0) is 42.7 Å². The molecule has 0 spiro atoms. The highest BCUT2D eigenvalue weighted by Crippen LogP contribution is 2.25. The number of carbonyl (C=O) groups is 1. The van der Waals surface area contributed by atoms with E-state index in [0.717, 1.165) is 23.9 Å². The van der Waals surface area contributed by atoms with Crippen LogP contribution in [-0.2, 0) is 22.6 Å². The van der Waals surface area contributed by atoms with E-state index < -0.39 is 0 Å². The molecule has 1 aliphatic rings. The molecule has 0 saturated heterocycles. The van der Waals surface area contributed by atoms with Gasteiger partial charge >= 0.3 is 0 Å². The van der Waals surface area contributed by atoms with E-state index in [1.165, 1.54) is 30.5 Å². The molecule has 1 saturated carbocycles. The molecule has 26 heavy (non-hydrogen) atoms. The number of halogens is 1. The average Bonchev–Trinajstić information content (AvgIpc) is 3.09. The van der Waals surface area contributed by atoms with Crippen LogP contribution < -0.4 is 0 Å². The van der Waals surface area contributed by atoms with Crippen molar-refractivity contribution in [3.8, 4) is 0 Å². The summed E-state index contributed by atoms with van der Waals surface area (Å²) in [6.45, 7) is 1.62. The smallest absolute Gasteiger partial charge is 0.249 e. The van der Waals surface area contributed by atoms with Crippen molar-refractivity contribution in [1.29, 1.82) is 0 Å². The zero-order chi connectivity index (χ0) is 18.4. The van der Waals surface area contributed by atoms with Gasteiger partial charge in [0.15, 0.2) is 0 Å². The summed E-state index contributed by atoms with van der Waals surface area (Å²) in [5, 5.41) is 0. The molecule has 3 rings (SSSR count). The summed E-state index contributed by atoms with van der Waals surface area (Å²) in [7, 11) is 1.59. The lowest BCUT2D eigenvalue weighted by atomic mass is 9.94. The predicted molar refractivity (Wildman–Crippen MR) is 107 cm³/mol. The Labute approximate surface area is 164 Å².